The first-order chi connectivity index (χ1) is 16.4. The van der Waals surface area contributed by atoms with Gasteiger partial charge in [-0.3, -0.25) is 9.69 Å². The number of carbonyl (C=O) groups is 1. The first kappa shape index (κ1) is 24.1. The minimum atomic E-state index is -0.0608. The van der Waals surface area contributed by atoms with Crippen molar-refractivity contribution in [1.82, 2.24) is 14.8 Å². The number of anilines is 1. The van der Waals surface area contributed by atoms with Crippen LogP contribution in [0.3, 0.4) is 0 Å². The lowest BCUT2D eigenvalue weighted by Gasteiger charge is -2.35. The molecule has 2 aromatic carbocycles. The Kier molecular flexibility index (Phi) is 7.46. The van der Waals surface area contributed by atoms with Crippen LogP contribution in [0.1, 0.15) is 15.9 Å². The maximum atomic E-state index is 13.1. The van der Waals surface area contributed by atoms with E-state index in [1.165, 1.54) is 0 Å². The van der Waals surface area contributed by atoms with Gasteiger partial charge < -0.3 is 20.1 Å². The number of methoxy groups -OCH3 is 2. The van der Waals surface area contributed by atoms with Gasteiger partial charge in [0.25, 0.3) is 5.91 Å². The Morgan fingerprint density at radius 2 is 1.71 bits per heavy atom. The molecule has 0 atom stereocenters. The molecule has 1 fully saturated rings. The number of piperazine rings is 1. The maximum Gasteiger partial charge on any atom is 0.257 e. The van der Waals surface area contributed by atoms with Crippen LogP contribution in [-0.2, 0) is 6.54 Å². The Morgan fingerprint density at radius 3 is 2.35 bits per heavy atom. The summed E-state index contributed by atoms with van der Waals surface area (Å²) in [6.07, 6.45) is 1.68. The molecule has 1 aliphatic rings. The zero-order valence-corrected chi connectivity index (χ0v) is 20.6. The summed E-state index contributed by atoms with van der Waals surface area (Å²) in [6, 6.07) is 12.6. The zero-order valence-electron chi connectivity index (χ0n) is 19.1. The van der Waals surface area contributed by atoms with E-state index in [-0.39, 0.29) is 5.91 Å². The molecular formula is C25H26Cl2N4O3. The van der Waals surface area contributed by atoms with Crippen LogP contribution in [0.25, 0.3) is 11.1 Å². The van der Waals surface area contributed by atoms with Gasteiger partial charge in [-0.1, -0.05) is 23.2 Å². The van der Waals surface area contributed by atoms with E-state index >= 15 is 0 Å². The predicted octanol–water partition coefficient (Wildman–Crippen LogP) is 4.61. The highest BCUT2D eigenvalue weighted by Crippen LogP contribution is 2.32. The maximum absolute atomic E-state index is 13.1. The van der Waals surface area contributed by atoms with E-state index in [0.29, 0.717) is 65.6 Å². The molecule has 1 aliphatic heterocycles. The Balaban J connectivity index is 1.48. The number of ether oxygens (including phenoxy) is 2. The van der Waals surface area contributed by atoms with Gasteiger partial charge in [-0.15, -0.1) is 0 Å². The highest BCUT2D eigenvalue weighted by molar-refractivity contribution is 6.35. The number of pyridine rings is 1. The molecule has 0 radical (unpaired) electrons. The quantitative estimate of drug-likeness (QED) is 0.531. The number of rotatable bonds is 6. The Hall–Kier alpha value is -3.00. The van der Waals surface area contributed by atoms with E-state index in [0.717, 1.165) is 16.7 Å². The predicted molar refractivity (Wildman–Crippen MR) is 135 cm³/mol. The third-order valence-corrected chi connectivity index (χ3v) is 6.38. The van der Waals surface area contributed by atoms with Crippen molar-refractivity contribution in [2.24, 2.45) is 0 Å². The molecule has 2 heterocycles. The second kappa shape index (κ2) is 10.5. The number of halogens is 2. The van der Waals surface area contributed by atoms with E-state index in [4.69, 9.17) is 38.4 Å². The van der Waals surface area contributed by atoms with Gasteiger partial charge in [-0.25, -0.2) is 4.98 Å². The van der Waals surface area contributed by atoms with Gasteiger partial charge >= 0.3 is 0 Å². The van der Waals surface area contributed by atoms with E-state index in [9.17, 15) is 4.79 Å². The molecule has 4 rings (SSSR count). The van der Waals surface area contributed by atoms with Crippen molar-refractivity contribution in [3.05, 3.63) is 69.8 Å². The number of nitrogens with zero attached hydrogens (tertiary/aromatic N) is 3. The number of nitrogens with two attached hydrogens (primary N) is 1. The third kappa shape index (κ3) is 5.22. The first-order valence-electron chi connectivity index (χ1n) is 10.8. The third-order valence-electron chi connectivity index (χ3n) is 5.94. The van der Waals surface area contributed by atoms with Crippen LogP contribution in [-0.4, -0.2) is 61.1 Å². The Bertz CT molecular complexity index is 1180. The molecular weight excluding hydrogens is 475 g/mol. The van der Waals surface area contributed by atoms with Gasteiger partial charge in [0.15, 0.2) is 0 Å². The smallest absolute Gasteiger partial charge is 0.257 e. The molecule has 3 aromatic rings. The molecule has 0 unspecified atom stereocenters. The van der Waals surface area contributed by atoms with Crippen LogP contribution in [0.2, 0.25) is 10.0 Å². The molecule has 0 spiro atoms. The number of carbonyl (C=O) groups excluding carboxylic acids is 1. The van der Waals surface area contributed by atoms with Gasteiger partial charge in [-0.2, -0.15) is 0 Å². The van der Waals surface area contributed by atoms with Crippen molar-refractivity contribution in [3.8, 4) is 22.6 Å². The fourth-order valence-electron chi connectivity index (χ4n) is 4.13. The Labute approximate surface area is 209 Å². The van der Waals surface area contributed by atoms with Crippen LogP contribution in [0.5, 0.6) is 11.5 Å². The highest BCUT2D eigenvalue weighted by atomic mass is 35.5. The molecule has 1 aromatic heterocycles. The number of nitrogen functional groups attached to an aromatic ring is 1. The summed E-state index contributed by atoms with van der Waals surface area (Å²) in [5, 5.41) is 1.12. The molecule has 1 amide bonds. The minimum Gasteiger partial charge on any atom is -0.497 e. The van der Waals surface area contributed by atoms with Crippen LogP contribution >= 0.6 is 23.2 Å². The van der Waals surface area contributed by atoms with Crippen molar-refractivity contribution in [2.75, 3.05) is 46.1 Å². The second-order valence-corrected chi connectivity index (χ2v) is 8.89. The summed E-state index contributed by atoms with van der Waals surface area (Å²) in [5.41, 5.74) is 9.54. The SMILES string of the molecule is COc1ccc(C(=O)N2CCN(Cc3c(-c4cc(Cl)cc(Cl)c4)ccnc3N)CC2)c(OC)c1. The number of hydrogen-bond donors (Lipinski definition) is 1. The minimum absolute atomic E-state index is 0.0608. The van der Waals surface area contributed by atoms with Gasteiger partial charge in [0, 0.05) is 60.6 Å². The van der Waals surface area contributed by atoms with Crippen LogP contribution < -0.4 is 15.2 Å². The lowest BCUT2D eigenvalue weighted by molar-refractivity contribution is 0.0625. The number of hydrogen-bond acceptors (Lipinski definition) is 6. The zero-order chi connectivity index (χ0) is 24.2. The highest BCUT2D eigenvalue weighted by Gasteiger charge is 2.25. The molecule has 9 heteroatoms. The Morgan fingerprint density at radius 1 is 1.00 bits per heavy atom. The van der Waals surface area contributed by atoms with Gasteiger partial charge in [0.05, 0.1) is 19.8 Å². The molecule has 0 bridgehead atoms. The largest absolute Gasteiger partial charge is 0.497 e. The molecule has 0 saturated carbocycles. The summed E-state index contributed by atoms with van der Waals surface area (Å²) in [5.74, 6) is 1.55. The summed E-state index contributed by atoms with van der Waals surface area (Å²) in [4.78, 5) is 21.5. The van der Waals surface area contributed by atoms with Gasteiger partial charge in [-0.05, 0) is 47.5 Å². The summed E-state index contributed by atoms with van der Waals surface area (Å²) >= 11 is 12.4. The normalized spacial score (nSPS) is 14.2. The van der Waals surface area contributed by atoms with Crippen molar-refractivity contribution >= 4 is 34.9 Å². The second-order valence-electron chi connectivity index (χ2n) is 8.01. The van der Waals surface area contributed by atoms with Crippen molar-refractivity contribution < 1.29 is 14.3 Å². The average Bonchev–Trinajstić information content (AvgIpc) is 2.84. The molecule has 0 aliphatic carbocycles. The summed E-state index contributed by atoms with van der Waals surface area (Å²) in [6.45, 7) is 3.19. The standard InChI is InChI=1S/C25H26Cl2N4O3/c1-33-19-3-4-21(23(14-19)34-2)25(32)31-9-7-30(8-10-31)15-22-20(5-6-29-24(22)28)16-11-17(26)13-18(27)12-16/h3-6,11-14H,7-10,15H2,1-2H3,(H2,28,29). The summed E-state index contributed by atoms with van der Waals surface area (Å²) < 4.78 is 10.6. The fourth-order valence-corrected chi connectivity index (χ4v) is 4.66. The van der Waals surface area contributed by atoms with Crippen LogP contribution in [0, 0.1) is 0 Å². The molecule has 1 saturated heterocycles. The van der Waals surface area contributed by atoms with E-state index in [1.54, 1.807) is 44.7 Å². The molecule has 178 valence electrons. The van der Waals surface area contributed by atoms with Crippen molar-refractivity contribution in [1.29, 1.82) is 0 Å². The topological polar surface area (TPSA) is 80.9 Å². The van der Waals surface area contributed by atoms with Gasteiger partial charge in [0.1, 0.15) is 17.3 Å². The molecule has 2 N–H and O–H groups in total. The lowest BCUT2D eigenvalue weighted by atomic mass is 10.00. The van der Waals surface area contributed by atoms with E-state index < -0.39 is 0 Å². The number of amides is 1. The number of benzene rings is 2. The van der Waals surface area contributed by atoms with E-state index in [1.807, 2.05) is 23.1 Å². The lowest BCUT2D eigenvalue weighted by Crippen LogP contribution is -2.48. The van der Waals surface area contributed by atoms with Gasteiger partial charge in [0.2, 0.25) is 0 Å². The molecule has 34 heavy (non-hydrogen) atoms. The first-order valence-corrected chi connectivity index (χ1v) is 11.6. The van der Waals surface area contributed by atoms with Crippen molar-refractivity contribution in [3.63, 3.8) is 0 Å². The monoisotopic (exact) mass is 500 g/mol. The number of aromatic nitrogens is 1. The fraction of sp³-hybridized carbons (Fsp3) is 0.280. The average molecular weight is 501 g/mol. The van der Waals surface area contributed by atoms with Crippen LogP contribution in [0.15, 0.2) is 48.7 Å². The molecule has 7 nitrogen and oxygen atoms in total. The van der Waals surface area contributed by atoms with Crippen molar-refractivity contribution in [2.45, 2.75) is 6.54 Å². The van der Waals surface area contributed by atoms with E-state index in [2.05, 4.69) is 9.88 Å². The van der Waals surface area contributed by atoms with Crippen LogP contribution in [0.4, 0.5) is 5.82 Å². The summed E-state index contributed by atoms with van der Waals surface area (Å²) in [7, 11) is 3.13.